The van der Waals surface area contributed by atoms with Gasteiger partial charge in [0.15, 0.2) is 0 Å². The van der Waals surface area contributed by atoms with E-state index in [2.05, 4.69) is 35.3 Å². The number of thioether (sulfide) groups is 1. The smallest absolute Gasteiger partial charge is 0.124 e. The molecule has 1 fully saturated rings. The van der Waals surface area contributed by atoms with Crippen molar-refractivity contribution in [1.29, 1.82) is 0 Å². The SMILES string of the molecule is c1cc2c(c(OCC3CCCS3)c1)CCN2. The van der Waals surface area contributed by atoms with Crippen molar-refractivity contribution in [2.45, 2.75) is 24.5 Å². The van der Waals surface area contributed by atoms with Crippen LogP contribution in [-0.2, 0) is 6.42 Å². The predicted molar refractivity (Wildman–Crippen MR) is 69.6 cm³/mol. The van der Waals surface area contributed by atoms with Gasteiger partial charge in [-0.3, -0.25) is 0 Å². The minimum atomic E-state index is 0.713. The standard InChI is InChI=1S/C13H17NOS/c1-4-12-11(6-7-14-12)13(5-1)15-9-10-3-2-8-16-10/h1,4-5,10,14H,2-3,6-9H2. The third kappa shape index (κ3) is 2.01. The van der Waals surface area contributed by atoms with E-state index in [0.717, 1.165) is 25.3 Å². The minimum Gasteiger partial charge on any atom is -0.492 e. The van der Waals surface area contributed by atoms with Crippen LogP contribution in [0.2, 0.25) is 0 Å². The molecule has 2 heterocycles. The first kappa shape index (κ1) is 10.3. The Hall–Kier alpha value is -0.830. The zero-order valence-corrected chi connectivity index (χ0v) is 10.2. The van der Waals surface area contributed by atoms with Crippen molar-refractivity contribution in [2.75, 3.05) is 24.2 Å². The van der Waals surface area contributed by atoms with Gasteiger partial charge in [0.25, 0.3) is 0 Å². The largest absolute Gasteiger partial charge is 0.492 e. The first-order chi connectivity index (χ1) is 7.93. The fourth-order valence-corrected chi connectivity index (χ4v) is 3.57. The summed E-state index contributed by atoms with van der Waals surface area (Å²) in [5, 5.41) is 4.10. The molecule has 1 saturated heterocycles. The molecule has 0 spiro atoms. The van der Waals surface area contributed by atoms with Gasteiger partial charge in [-0.1, -0.05) is 6.07 Å². The number of fused-ring (bicyclic) bond motifs is 1. The van der Waals surface area contributed by atoms with E-state index in [0.29, 0.717) is 5.25 Å². The van der Waals surface area contributed by atoms with Crippen molar-refractivity contribution in [3.8, 4) is 5.75 Å². The molecule has 1 unspecified atom stereocenters. The normalized spacial score (nSPS) is 22.9. The fraction of sp³-hybridized carbons (Fsp3) is 0.538. The van der Waals surface area contributed by atoms with E-state index in [1.54, 1.807) is 0 Å². The van der Waals surface area contributed by atoms with Gasteiger partial charge in [-0.15, -0.1) is 0 Å². The Kier molecular flexibility index (Phi) is 2.96. The Morgan fingerprint density at radius 1 is 1.44 bits per heavy atom. The molecular weight excluding hydrogens is 218 g/mol. The van der Waals surface area contributed by atoms with Crippen LogP contribution in [0.1, 0.15) is 18.4 Å². The lowest BCUT2D eigenvalue weighted by Gasteiger charge is -2.13. The molecule has 2 aliphatic heterocycles. The Bertz CT molecular complexity index is 374. The number of hydrogen-bond donors (Lipinski definition) is 1. The summed E-state index contributed by atoms with van der Waals surface area (Å²) in [6.45, 7) is 1.93. The molecule has 3 rings (SSSR count). The van der Waals surface area contributed by atoms with E-state index in [1.807, 2.05) is 0 Å². The van der Waals surface area contributed by atoms with Crippen LogP contribution in [0.4, 0.5) is 5.69 Å². The third-order valence-electron chi connectivity index (χ3n) is 3.27. The number of anilines is 1. The Labute approximate surface area is 101 Å². The van der Waals surface area contributed by atoms with E-state index in [-0.39, 0.29) is 0 Å². The van der Waals surface area contributed by atoms with Crippen LogP contribution in [0.25, 0.3) is 0 Å². The second kappa shape index (κ2) is 4.58. The number of benzene rings is 1. The minimum absolute atomic E-state index is 0.713. The van der Waals surface area contributed by atoms with Crippen LogP contribution in [0.15, 0.2) is 18.2 Å². The average molecular weight is 235 g/mol. The third-order valence-corrected chi connectivity index (χ3v) is 4.64. The maximum absolute atomic E-state index is 5.97. The highest BCUT2D eigenvalue weighted by Gasteiger charge is 2.18. The Morgan fingerprint density at radius 3 is 3.31 bits per heavy atom. The molecule has 3 heteroatoms. The summed E-state index contributed by atoms with van der Waals surface area (Å²) < 4.78 is 5.97. The van der Waals surface area contributed by atoms with Gasteiger partial charge in [-0.25, -0.2) is 0 Å². The highest BCUT2D eigenvalue weighted by molar-refractivity contribution is 8.00. The van der Waals surface area contributed by atoms with Gasteiger partial charge >= 0.3 is 0 Å². The van der Waals surface area contributed by atoms with Gasteiger partial charge < -0.3 is 10.1 Å². The van der Waals surface area contributed by atoms with Gasteiger partial charge in [-0.05, 0) is 37.1 Å². The molecule has 0 saturated carbocycles. The zero-order valence-electron chi connectivity index (χ0n) is 9.37. The van der Waals surface area contributed by atoms with Crippen LogP contribution >= 0.6 is 11.8 Å². The van der Waals surface area contributed by atoms with Crippen molar-refractivity contribution in [2.24, 2.45) is 0 Å². The van der Waals surface area contributed by atoms with Crippen molar-refractivity contribution in [3.63, 3.8) is 0 Å². The summed E-state index contributed by atoms with van der Waals surface area (Å²) in [5.41, 5.74) is 2.63. The summed E-state index contributed by atoms with van der Waals surface area (Å²) in [6, 6.07) is 6.32. The summed E-state index contributed by atoms with van der Waals surface area (Å²) >= 11 is 2.05. The molecule has 0 bridgehead atoms. The molecular formula is C13H17NOS. The van der Waals surface area contributed by atoms with Crippen molar-refractivity contribution >= 4 is 17.4 Å². The van der Waals surface area contributed by atoms with E-state index >= 15 is 0 Å². The first-order valence-corrected chi connectivity index (χ1v) is 7.08. The number of hydrogen-bond acceptors (Lipinski definition) is 3. The maximum Gasteiger partial charge on any atom is 0.124 e. The molecule has 16 heavy (non-hydrogen) atoms. The Morgan fingerprint density at radius 2 is 2.44 bits per heavy atom. The van der Waals surface area contributed by atoms with Crippen LogP contribution < -0.4 is 10.1 Å². The molecule has 1 aromatic carbocycles. The zero-order chi connectivity index (χ0) is 10.8. The molecule has 86 valence electrons. The highest BCUT2D eigenvalue weighted by atomic mass is 32.2. The molecule has 0 aliphatic carbocycles. The lowest BCUT2D eigenvalue weighted by Crippen LogP contribution is -2.11. The van der Waals surface area contributed by atoms with E-state index in [1.165, 1.54) is 29.8 Å². The molecule has 2 aliphatic rings. The summed E-state index contributed by atoms with van der Waals surface area (Å²) in [4.78, 5) is 0. The molecule has 0 aromatic heterocycles. The van der Waals surface area contributed by atoms with Gasteiger partial charge in [0.1, 0.15) is 12.4 Å². The second-order valence-corrected chi connectivity index (χ2v) is 5.81. The first-order valence-electron chi connectivity index (χ1n) is 6.03. The monoisotopic (exact) mass is 235 g/mol. The summed E-state index contributed by atoms with van der Waals surface area (Å²) in [6.07, 6.45) is 3.77. The molecule has 2 nitrogen and oxygen atoms in total. The van der Waals surface area contributed by atoms with Crippen molar-refractivity contribution in [1.82, 2.24) is 0 Å². The molecule has 1 N–H and O–H groups in total. The second-order valence-electron chi connectivity index (χ2n) is 4.41. The average Bonchev–Trinajstić information content (AvgIpc) is 2.97. The maximum atomic E-state index is 5.97. The van der Waals surface area contributed by atoms with Crippen LogP contribution in [0.5, 0.6) is 5.75 Å². The van der Waals surface area contributed by atoms with Gasteiger partial charge in [0.2, 0.25) is 0 Å². The topological polar surface area (TPSA) is 21.3 Å². The molecule has 1 atom stereocenters. The van der Waals surface area contributed by atoms with Crippen LogP contribution in [0.3, 0.4) is 0 Å². The van der Waals surface area contributed by atoms with E-state index < -0.39 is 0 Å². The summed E-state index contributed by atoms with van der Waals surface area (Å²) in [7, 11) is 0. The predicted octanol–water partition coefficient (Wildman–Crippen LogP) is 2.93. The van der Waals surface area contributed by atoms with E-state index in [9.17, 15) is 0 Å². The number of rotatable bonds is 3. The summed E-state index contributed by atoms with van der Waals surface area (Å²) in [5.74, 6) is 2.40. The van der Waals surface area contributed by atoms with Gasteiger partial charge in [-0.2, -0.15) is 11.8 Å². The van der Waals surface area contributed by atoms with Gasteiger partial charge in [0.05, 0.1) is 0 Å². The molecule has 0 amide bonds. The van der Waals surface area contributed by atoms with Crippen LogP contribution in [-0.4, -0.2) is 24.2 Å². The lowest BCUT2D eigenvalue weighted by molar-refractivity contribution is 0.312. The number of nitrogens with one attached hydrogen (secondary N) is 1. The van der Waals surface area contributed by atoms with Gasteiger partial charge in [0, 0.05) is 23.0 Å². The van der Waals surface area contributed by atoms with Crippen LogP contribution in [0, 0.1) is 0 Å². The van der Waals surface area contributed by atoms with E-state index in [4.69, 9.17) is 4.74 Å². The number of ether oxygens (including phenoxy) is 1. The fourth-order valence-electron chi connectivity index (χ4n) is 2.41. The molecule has 0 radical (unpaired) electrons. The Balaban J connectivity index is 1.67. The molecule has 1 aromatic rings. The highest BCUT2D eigenvalue weighted by Crippen LogP contribution is 2.32. The van der Waals surface area contributed by atoms with Crippen molar-refractivity contribution in [3.05, 3.63) is 23.8 Å². The van der Waals surface area contributed by atoms with Crippen molar-refractivity contribution < 1.29 is 4.74 Å². The lowest BCUT2D eigenvalue weighted by atomic mass is 10.1. The quantitative estimate of drug-likeness (QED) is 0.870.